The van der Waals surface area contributed by atoms with E-state index in [0.717, 1.165) is 23.5 Å². The van der Waals surface area contributed by atoms with Crippen molar-refractivity contribution >= 4 is 0 Å². The summed E-state index contributed by atoms with van der Waals surface area (Å²) in [7, 11) is 0. The summed E-state index contributed by atoms with van der Waals surface area (Å²) in [6, 6.07) is 16.2. The van der Waals surface area contributed by atoms with Gasteiger partial charge in [0.1, 0.15) is 0 Å². The molecule has 1 atom stereocenters. The quantitative estimate of drug-likeness (QED) is 0.356. The van der Waals surface area contributed by atoms with Crippen molar-refractivity contribution in [2.75, 3.05) is 19.7 Å². The lowest BCUT2D eigenvalue weighted by Crippen LogP contribution is -2.36. The summed E-state index contributed by atoms with van der Waals surface area (Å²) in [6.07, 6.45) is 2.59. The topological polar surface area (TPSA) is 59.8 Å². The predicted octanol–water partition coefficient (Wildman–Crippen LogP) is 5.36. The second-order valence-electron chi connectivity index (χ2n) is 9.54. The standard InChI is InChI=1S/C28H36FN3O3/c1-4-26-24(18-31(16-21-14-15-21)17-23(33)19-34-20(2)3)28(35-27-13-9-8-12-25(27)29)32(30-26)22-10-6-5-7-11-22/h5-13,20-21,23,33H,4,14-19H2,1-3H3/t23-/m1/s1. The van der Waals surface area contributed by atoms with Crippen LogP contribution < -0.4 is 4.74 Å². The first-order chi connectivity index (χ1) is 16.9. The minimum absolute atomic E-state index is 0.0677. The fraction of sp³-hybridized carbons (Fsp3) is 0.464. The van der Waals surface area contributed by atoms with Crippen LogP contribution in [0.4, 0.5) is 4.39 Å². The van der Waals surface area contributed by atoms with Crippen LogP contribution in [-0.2, 0) is 17.7 Å². The van der Waals surface area contributed by atoms with Gasteiger partial charge in [0.05, 0.1) is 35.8 Å². The summed E-state index contributed by atoms with van der Waals surface area (Å²) in [5.74, 6) is 0.881. The van der Waals surface area contributed by atoms with E-state index < -0.39 is 11.9 Å². The number of hydrogen-bond donors (Lipinski definition) is 1. The van der Waals surface area contributed by atoms with Gasteiger partial charge in [0, 0.05) is 19.6 Å². The molecule has 0 amide bonds. The monoisotopic (exact) mass is 481 g/mol. The predicted molar refractivity (Wildman–Crippen MR) is 135 cm³/mol. The first kappa shape index (κ1) is 25.4. The van der Waals surface area contributed by atoms with Crippen LogP contribution in [0.2, 0.25) is 0 Å². The third kappa shape index (κ3) is 6.90. The molecule has 3 aromatic rings. The van der Waals surface area contributed by atoms with E-state index in [9.17, 15) is 9.50 Å². The summed E-state index contributed by atoms with van der Waals surface area (Å²) >= 11 is 0. The van der Waals surface area contributed by atoms with E-state index in [-0.39, 0.29) is 11.9 Å². The van der Waals surface area contributed by atoms with E-state index in [1.54, 1.807) is 22.9 Å². The number of aliphatic hydroxyl groups excluding tert-OH is 1. The average molecular weight is 482 g/mol. The molecule has 0 unspecified atom stereocenters. The zero-order valence-electron chi connectivity index (χ0n) is 20.9. The van der Waals surface area contributed by atoms with Crippen LogP contribution in [0.5, 0.6) is 11.6 Å². The highest BCUT2D eigenvalue weighted by atomic mass is 19.1. The molecular weight excluding hydrogens is 445 g/mol. The lowest BCUT2D eigenvalue weighted by Gasteiger charge is -2.26. The number of aliphatic hydroxyl groups is 1. The van der Waals surface area contributed by atoms with Gasteiger partial charge in [-0.05, 0) is 63.3 Å². The summed E-state index contributed by atoms with van der Waals surface area (Å²) in [4.78, 5) is 2.26. The number of benzene rings is 2. The average Bonchev–Trinajstić information content (AvgIpc) is 3.60. The molecule has 0 saturated heterocycles. The highest BCUT2D eigenvalue weighted by molar-refractivity contribution is 5.44. The van der Waals surface area contributed by atoms with Crippen LogP contribution in [0.1, 0.15) is 44.9 Å². The number of halogens is 1. The van der Waals surface area contributed by atoms with Gasteiger partial charge in [-0.25, -0.2) is 9.07 Å². The zero-order valence-corrected chi connectivity index (χ0v) is 20.9. The molecule has 7 heteroatoms. The van der Waals surface area contributed by atoms with Crippen molar-refractivity contribution < 1.29 is 19.0 Å². The first-order valence-electron chi connectivity index (χ1n) is 12.5. The van der Waals surface area contributed by atoms with Gasteiger partial charge in [-0.1, -0.05) is 37.3 Å². The van der Waals surface area contributed by atoms with E-state index in [1.807, 2.05) is 44.2 Å². The second-order valence-corrected chi connectivity index (χ2v) is 9.54. The van der Waals surface area contributed by atoms with E-state index in [4.69, 9.17) is 14.6 Å². The largest absolute Gasteiger partial charge is 0.435 e. The summed E-state index contributed by atoms with van der Waals surface area (Å²) in [5, 5.41) is 15.5. The van der Waals surface area contributed by atoms with E-state index in [1.165, 1.54) is 18.9 Å². The molecule has 35 heavy (non-hydrogen) atoms. The Morgan fingerprint density at radius 1 is 1.11 bits per heavy atom. The SMILES string of the molecule is CCc1nn(-c2ccccc2)c(Oc2ccccc2F)c1CN(CC1CC1)C[C@@H](O)COC(C)C. The molecule has 2 aromatic carbocycles. The molecule has 6 nitrogen and oxygen atoms in total. The maximum atomic E-state index is 14.6. The molecule has 1 fully saturated rings. The molecule has 4 rings (SSSR count). The molecule has 1 heterocycles. The minimum Gasteiger partial charge on any atom is -0.435 e. The lowest BCUT2D eigenvalue weighted by atomic mass is 10.1. The van der Waals surface area contributed by atoms with Gasteiger partial charge < -0.3 is 14.6 Å². The maximum Gasteiger partial charge on any atom is 0.227 e. The Hall–Kier alpha value is -2.74. The van der Waals surface area contributed by atoms with Crippen LogP contribution in [0, 0.1) is 11.7 Å². The number of ether oxygens (including phenoxy) is 2. The summed E-state index contributed by atoms with van der Waals surface area (Å²) in [5.41, 5.74) is 2.66. The van der Waals surface area contributed by atoms with Crippen molar-refractivity contribution in [3.8, 4) is 17.3 Å². The van der Waals surface area contributed by atoms with E-state index in [0.29, 0.717) is 37.9 Å². The fourth-order valence-electron chi connectivity index (χ4n) is 4.15. The van der Waals surface area contributed by atoms with Crippen molar-refractivity contribution in [1.29, 1.82) is 0 Å². The number of para-hydroxylation sites is 2. The van der Waals surface area contributed by atoms with Gasteiger partial charge in [0.25, 0.3) is 0 Å². The van der Waals surface area contributed by atoms with Gasteiger partial charge in [-0.15, -0.1) is 0 Å². The Labute approximate surface area is 207 Å². The minimum atomic E-state index is -0.596. The number of aryl methyl sites for hydroxylation is 1. The molecule has 0 spiro atoms. The third-order valence-corrected chi connectivity index (χ3v) is 6.08. The van der Waals surface area contributed by atoms with E-state index in [2.05, 4.69) is 11.8 Å². The number of aromatic nitrogens is 2. The second kappa shape index (κ2) is 11.8. The van der Waals surface area contributed by atoms with Crippen molar-refractivity contribution in [3.05, 3.63) is 71.7 Å². The smallest absolute Gasteiger partial charge is 0.227 e. The Balaban J connectivity index is 1.68. The van der Waals surface area contributed by atoms with E-state index >= 15 is 0 Å². The summed E-state index contributed by atoms with van der Waals surface area (Å²) in [6.45, 7) is 8.21. The normalized spacial score (nSPS) is 14.6. The molecule has 1 aliphatic rings. The lowest BCUT2D eigenvalue weighted by molar-refractivity contribution is -0.0101. The van der Waals surface area contributed by atoms with Gasteiger partial charge in [-0.2, -0.15) is 5.10 Å². The third-order valence-electron chi connectivity index (χ3n) is 6.08. The van der Waals surface area contributed by atoms with Crippen molar-refractivity contribution in [1.82, 2.24) is 14.7 Å². The van der Waals surface area contributed by atoms with Crippen molar-refractivity contribution in [3.63, 3.8) is 0 Å². The van der Waals surface area contributed by atoms with Crippen LogP contribution in [0.3, 0.4) is 0 Å². The molecule has 188 valence electrons. The Morgan fingerprint density at radius 3 is 2.49 bits per heavy atom. The van der Waals surface area contributed by atoms with Crippen molar-refractivity contribution in [2.45, 2.75) is 58.8 Å². The van der Waals surface area contributed by atoms with Crippen LogP contribution in [-0.4, -0.2) is 51.7 Å². The number of rotatable bonds is 13. The molecule has 1 aromatic heterocycles. The van der Waals surface area contributed by atoms with Gasteiger partial charge in [0.2, 0.25) is 5.88 Å². The Kier molecular flexibility index (Phi) is 8.55. The van der Waals surface area contributed by atoms with Crippen LogP contribution >= 0.6 is 0 Å². The van der Waals surface area contributed by atoms with Crippen LogP contribution in [0.25, 0.3) is 5.69 Å². The zero-order chi connectivity index (χ0) is 24.8. The highest BCUT2D eigenvalue weighted by Gasteiger charge is 2.29. The molecule has 1 aliphatic carbocycles. The molecular formula is C28H36FN3O3. The molecule has 0 radical (unpaired) electrons. The molecule has 0 bridgehead atoms. The number of nitrogens with zero attached hydrogens (tertiary/aromatic N) is 3. The molecule has 1 N–H and O–H groups in total. The summed E-state index contributed by atoms with van der Waals surface area (Å²) < 4.78 is 28.2. The van der Waals surface area contributed by atoms with Gasteiger partial charge >= 0.3 is 0 Å². The fourth-order valence-corrected chi connectivity index (χ4v) is 4.15. The maximum absolute atomic E-state index is 14.6. The highest BCUT2D eigenvalue weighted by Crippen LogP contribution is 2.35. The molecule has 1 saturated carbocycles. The molecule has 0 aliphatic heterocycles. The van der Waals surface area contributed by atoms with Crippen molar-refractivity contribution in [2.24, 2.45) is 5.92 Å². The van der Waals surface area contributed by atoms with Gasteiger partial charge in [0.15, 0.2) is 11.6 Å². The first-order valence-corrected chi connectivity index (χ1v) is 12.5. The Bertz CT molecular complexity index is 1080. The van der Waals surface area contributed by atoms with Crippen LogP contribution in [0.15, 0.2) is 54.6 Å². The number of hydrogen-bond acceptors (Lipinski definition) is 5. The Morgan fingerprint density at radius 2 is 1.83 bits per heavy atom. The van der Waals surface area contributed by atoms with Gasteiger partial charge in [-0.3, -0.25) is 4.90 Å².